The van der Waals surface area contributed by atoms with Crippen LogP contribution in [-0.4, -0.2) is 39.4 Å². The van der Waals surface area contributed by atoms with Crippen LogP contribution in [0.2, 0.25) is 0 Å². The molecule has 3 aromatic heterocycles. The zero-order chi connectivity index (χ0) is 21.3. The van der Waals surface area contributed by atoms with Crippen molar-refractivity contribution in [2.24, 2.45) is 0 Å². The summed E-state index contributed by atoms with van der Waals surface area (Å²) in [5.41, 5.74) is 1.98. The summed E-state index contributed by atoms with van der Waals surface area (Å²) >= 11 is 0. The summed E-state index contributed by atoms with van der Waals surface area (Å²) < 4.78 is 48.6. The molecule has 4 rings (SSSR count). The molecule has 0 atom stereocenters. The Labute approximate surface area is 167 Å². The molecular formula is C20H13F3N4O3. The second-order valence-corrected chi connectivity index (χ2v) is 6.15. The van der Waals surface area contributed by atoms with Gasteiger partial charge in [0.15, 0.2) is 5.75 Å². The maximum atomic E-state index is 12.9. The number of halogens is 3. The molecule has 152 valence electrons. The summed E-state index contributed by atoms with van der Waals surface area (Å²) in [5, 5.41) is 8.40. The van der Waals surface area contributed by atoms with Crippen molar-refractivity contribution >= 4 is 16.9 Å². The molecule has 1 aromatic carbocycles. The van der Waals surface area contributed by atoms with Crippen molar-refractivity contribution in [2.75, 3.05) is 7.11 Å². The number of para-hydroxylation sites is 1. The number of nitrogens with zero attached hydrogens (tertiary/aromatic N) is 3. The van der Waals surface area contributed by atoms with E-state index in [1.165, 1.54) is 7.11 Å². The Morgan fingerprint density at radius 3 is 2.50 bits per heavy atom. The molecule has 0 aliphatic carbocycles. The molecule has 1 N–H and O–H groups in total. The Kier molecular flexibility index (Phi) is 4.82. The zero-order valence-electron chi connectivity index (χ0n) is 15.4. The summed E-state index contributed by atoms with van der Waals surface area (Å²) in [5.74, 6) is -2.56. The minimum Gasteiger partial charge on any atom is -0.479 e. The number of alkyl halides is 3. The number of nitrogens with one attached hydrogen (secondary N) is 1. The Balaban J connectivity index is 1.92. The molecule has 0 radical (unpaired) electrons. The van der Waals surface area contributed by atoms with Crippen molar-refractivity contribution < 1.29 is 27.4 Å². The topological polar surface area (TPSA) is 90.0 Å². The van der Waals surface area contributed by atoms with Gasteiger partial charge >= 0.3 is 12.1 Å². The number of rotatable bonds is 4. The molecule has 10 heteroatoms. The number of aromatic nitrogens is 4. The minimum absolute atomic E-state index is 0.0451. The van der Waals surface area contributed by atoms with E-state index in [1.807, 2.05) is 0 Å². The molecule has 0 fully saturated rings. The van der Waals surface area contributed by atoms with Gasteiger partial charge in [-0.05, 0) is 30.3 Å². The van der Waals surface area contributed by atoms with Crippen molar-refractivity contribution in [1.82, 2.24) is 20.2 Å². The van der Waals surface area contributed by atoms with E-state index in [2.05, 4.69) is 20.2 Å². The lowest BCUT2D eigenvalue weighted by Gasteiger charge is -2.11. The molecule has 0 aliphatic heterocycles. The average molecular weight is 414 g/mol. The van der Waals surface area contributed by atoms with Crippen molar-refractivity contribution in [1.29, 1.82) is 0 Å². The average Bonchev–Trinajstić information content (AvgIpc) is 3.11. The number of carbonyl (C=O) groups excluding carboxylic acids is 1. The van der Waals surface area contributed by atoms with Crippen LogP contribution in [0.3, 0.4) is 0 Å². The van der Waals surface area contributed by atoms with E-state index in [0.717, 1.165) is 0 Å². The highest BCUT2D eigenvalue weighted by Crippen LogP contribution is 2.41. The maximum absolute atomic E-state index is 12.9. The van der Waals surface area contributed by atoms with Gasteiger partial charge < -0.3 is 14.5 Å². The third-order valence-electron chi connectivity index (χ3n) is 4.28. The normalized spacial score (nSPS) is 11.5. The second-order valence-electron chi connectivity index (χ2n) is 6.15. The smallest absolute Gasteiger partial charge is 0.479 e. The number of hydrogen-bond donors (Lipinski definition) is 1. The first kappa shape index (κ1) is 19.4. The van der Waals surface area contributed by atoms with Gasteiger partial charge in [-0.2, -0.15) is 13.2 Å². The standard InChI is InChI=1S/C20H13F3N4O3/c1-29-18-13(10-15(26-27-18)11-6-8-24-9-7-11)16-17(30-19(28)20(21,22)23)12-4-2-3-5-14(12)25-16/h2-10,25H,1H3. The van der Waals surface area contributed by atoms with E-state index in [1.54, 1.807) is 54.9 Å². The predicted octanol–water partition coefficient (Wildman–Crippen LogP) is 4.16. The Morgan fingerprint density at radius 1 is 1.07 bits per heavy atom. The van der Waals surface area contributed by atoms with Crippen LogP contribution >= 0.6 is 0 Å². The number of hydrogen-bond acceptors (Lipinski definition) is 6. The molecule has 0 saturated carbocycles. The number of ether oxygens (including phenoxy) is 2. The molecule has 3 heterocycles. The SMILES string of the molecule is COc1nnc(-c2ccncc2)cc1-c1[nH]c2ccccc2c1OC(=O)C(F)(F)F. The van der Waals surface area contributed by atoms with Crippen molar-refractivity contribution in [3.63, 3.8) is 0 Å². The largest absolute Gasteiger partial charge is 0.491 e. The van der Waals surface area contributed by atoms with Gasteiger partial charge in [0.1, 0.15) is 0 Å². The zero-order valence-corrected chi connectivity index (χ0v) is 15.4. The van der Waals surface area contributed by atoms with E-state index < -0.39 is 12.1 Å². The van der Waals surface area contributed by atoms with Crippen molar-refractivity contribution in [3.8, 4) is 34.1 Å². The van der Waals surface area contributed by atoms with Gasteiger partial charge in [-0.3, -0.25) is 4.98 Å². The molecule has 30 heavy (non-hydrogen) atoms. The molecule has 0 saturated heterocycles. The van der Waals surface area contributed by atoms with Crippen molar-refractivity contribution in [3.05, 3.63) is 54.9 Å². The third kappa shape index (κ3) is 3.54. The number of pyridine rings is 1. The van der Waals surface area contributed by atoms with Gasteiger partial charge in [-0.25, -0.2) is 4.79 Å². The fourth-order valence-electron chi connectivity index (χ4n) is 2.94. The summed E-state index contributed by atoms with van der Waals surface area (Å²) in [6, 6.07) is 11.5. The van der Waals surface area contributed by atoms with Crippen LogP contribution in [0.5, 0.6) is 11.6 Å². The number of methoxy groups -OCH3 is 1. The van der Waals surface area contributed by atoms with E-state index in [0.29, 0.717) is 22.2 Å². The summed E-state index contributed by atoms with van der Waals surface area (Å²) in [4.78, 5) is 18.5. The van der Waals surface area contributed by atoms with Crippen LogP contribution in [0, 0.1) is 0 Å². The van der Waals surface area contributed by atoms with E-state index in [4.69, 9.17) is 9.47 Å². The first-order valence-electron chi connectivity index (χ1n) is 8.60. The Bertz CT molecular complexity index is 1220. The third-order valence-corrected chi connectivity index (χ3v) is 4.28. The molecule has 7 nitrogen and oxygen atoms in total. The highest BCUT2D eigenvalue weighted by atomic mass is 19.4. The summed E-state index contributed by atoms with van der Waals surface area (Å²) in [6.45, 7) is 0. The van der Waals surface area contributed by atoms with Gasteiger partial charge in [0.2, 0.25) is 5.88 Å². The fourth-order valence-corrected chi connectivity index (χ4v) is 2.94. The van der Waals surface area contributed by atoms with Gasteiger partial charge in [0.05, 0.1) is 24.1 Å². The van der Waals surface area contributed by atoms with Gasteiger partial charge in [0.25, 0.3) is 0 Å². The Hall–Kier alpha value is -3.95. The summed E-state index contributed by atoms with van der Waals surface area (Å²) in [6.07, 6.45) is -2.01. The van der Waals surface area contributed by atoms with Crippen LogP contribution in [0.15, 0.2) is 54.9 Å². The molecule has 0 unspecified atom stereocenters. The highest BCUT2D eigenvalue weighted by molar-refractivity contribution is 5.97. The van der Waals surface area contributed by atoms with Crippen LogP contribution in [0.1, 0.15) is 0 Å². The van der Waals surface area contributed by atoms with Crippen molar-refractivity contribution in [2.45, 2.75) is 6.18 Å². The number of esters is 1. The van der Waals surface area contributed by atoms with Crippen LogP contribution in [0.4, 0.5) is 13.2 Å². The monoisotopic (exact) mass is 414 g/mol. The molecule has 0 bridgehead atoms. The number of carbonyl (C=O) groups is 1. The van der Waals surface area contributed by atoms with Gasteiger partial charge in [0, 0.05) is 28.9 Å². The van der Waals surface area contributed by atoms with E-state index in [-0.39, 0.29) is 22.9 Å². The molecule has 0 aliphatic rings. The quantitative estimate of drug-likeness (QED) is 0.505. The maximum Gasteiger partial charge on any atom is 0.491 e. The lowest BCUT2D eigenvalue weighted by molar-refractivity contribution is -0.189. The first-order valence-corrected chi connectivity index (χ1v) is 8.60. The molecule has 0 amide bonds. The number of fused-ring (bicyclic) bond motifs is 1. The van der Waals surface area contributed by atoms with Gasteiger partial charge in [-0.15, -0.1) is 10.2 Å². The number of aromatic amines is 1. The van der Waals surface area contributed by atoms with Crippen LogP contribution in [-0.2, 0) is 4.79 Å². The lowest BCUT2D eigenvalue weighted by atomic mass is 10.1. The fraction of sp³-hybridized carbons (Fsp3) is 0.100. The Morgan fingerprint density at radius 2 is 1.80 bits per heavy atom. The molecular weight excluding hydrogens is 401 g/mol. The summed E-state index contributed by atoms with van der Waals surface area (Å²) in [7, 11) is 1.35. The lowest BCUT2D eigenvalue weighted by Crippen LogP contribution is -2.28. The molecule has 4 aromatic rings. The predicted molar refractivity (Wildman–Crippen MR) is 101 cm³/mol. The number of benzene rings is 1. The first-order chi connectivity index (χ1) is 14.4. The van der Waals surface area contributed by atoms with E-state index in [9.17, 15) is 18.0 Å². The minimum atomic E-state index is -5.15. The van der Waals surface area contributed by atoms with Crippen LogP contribution in [0.25, 0.3) is 33.4 Å². The highest BCUT2D eigenvalue weighted by Gasteiger charge is 2.42. The second kappa shape index (κ2) is 7.47. The van der Waals surface area contributed by atoms with Gasteiger partial charge in [-0.1, -0.05) is 12.1 Å². The number of H-pyrrole nitrogens is 1. The van der Waals surface area contributed by atoms with Crippen LogP contribution < -0.4 is 9.47 Å². The molecule has 0 spiro atoms. The van der Waals surface area contributed by atoms with E-state index >= 15 is 0 Å².